The summed E-state index contributed by atoms with van der Waals surface area (Å²) in [6.45, 7) is 6.10. The van der Waals surface area contributed by atoms with E-state index in [2.05, 4.69) is 23.5 Å². The molecule has 2 rings (SSSR count). The molecular weight excluding hydrogens is 372 g/mol. The highest BCUT2D eigenvalue weighted by molar-refractivity contribution is 7.89. The number of thiophene rings is 1. The van der Waals surface area contributed by atoms with Crippen molar-refractivity contribution < 1.29 is 17.9 Å². The Hall–Kier alpha value is -1.61. The Balaban J connectivity index is 2.28. The predicted molar refractivity (Wildman–Crippen MR) is 105 cm³/mol. The minimum absolute atomic E-state index is 0.0172. The lowest BCUT2D eigenvalue weighted by molar-refractivity contribution is 0.223. The van der Waals surface area contributed by atoms with Crippen LogP contribution in [0.2, 0.25) is 0 Å². The van der Waals surface area contributed by atoms with Crippen molar-refractivity contribution >= 4 is 21.4 Å². The minimum atomic E-state index is -3.75. The number of benzene rings is 1. The van der Waals surface area contributed by atoms with Gasteiger partial charge in [-0.1, -0.05) is 19.9 Å². The number of ether oxygens (including phenoxy) is 2. The molecule has 8 heteroatoms. The van der Waals surface area contributed by atoms with Crippen LogP contribution in [-0.4, -0.2) is 47.2 Å². The first-order valence-corrected chi connectivity index (χ1v) is 10.8. The van der Waals surface area contributed by atoms with Gasteiger partial charge in [0.05, 0.1) is 20.3 Å². The van der Waals surface area contributed by atoms with Crippen molar-refractivity contribution in [1.82, 2.24) is 9.62 Å². The summed E-state index contributed by atoms with van der Waals surface area (Å²) < 4.78 is 38.9. The topological polar surface area (TPSA) is 67.9 Å². The van der Waals surface area contributed by atoms with Crippen molar-refractivity contribution in [3.8, 4) is 11.5 Å². The molecule has 0 amide bonds. The Labute approximate surface area is 159 Å². The molecule has 1 N–H and O–H groups in total. The largest absolute Gasteiger partial charge is 0.497 e. The lowest BCUT2D eigenvalue weighted by atomic mass is 10.2. The quantitative estimate of drug-likeness (QED) is 0.666. The van der Waals surface area contributed by atoms with Gasteiger partial charge in [0.15, 0.2) is 0 Å². The number of rotatable bonds is 10. The summed E-state index contributed by atoms with van der Waals surface area (Å²) in [6.07, 6.45) is 0. The molecule has 0 bridgehead atoms. The van der Waals surface area contributed by atoms with E-state index in [1.165, 1.54) is 20.3 Å². The van der Waals surface area contributed by atoms with Crippen LogP contribution in [0.5, 0.6) is 11.5 Å². The van der Waals surface area contributed by atoms with Gasteiger partial charge in [-0.05, 0) is 36.7 Å². The van der Waals surface area contributed by atoms with Crippen LogP contribution in [0.25, 0.3) is 0 Å². The maximum Gasteiger partial charge on any atom is 0.244 e. The highest BCUT2D eigenvalue weighted by Crippen LogP contribution is 2.29. The van der Waals surface area contributed by atoms with E-state index in [-0.39, 0.29) is 23.2 Å². The average molecular weight is 399 g/mol. The molecule has 0 saturated heterocycles. The van der Waals surface area contributed by atoms with E-state index >= 15 is 0 Å². The Kier molecular flexibility index (Phi) is 7.45. The molecule has 26 heavy (non-hydrogen) atoms. The Morgan fingerprint density at radius 1 is 1.15 bits per heavy atom. The average Bonchev–Trinajstić information content (AvgIpc) is 3.18. The molecule has 1 heterocycles. The summed E-state index contributed by atoms with van der Waals surface area (Å²) in [4.78, 5) is 3.44. The number of nitrogens with one attached hydrogen (secondary N) is 1. The standard InChI is InChI=1S/C18H26N2O4S2/c1-5-20(6-2)15(17-8-7-11-25-17)13-19-26(21,22)18-12-14(23-3)9-10-16(18)24-4/h7-12,15,19H,5-6,13H2,1-4H3. The molecule has 1 atom stereocenters. The fourth-order valence-electron chi connectivity index (χ4n) is 2.82. The molecule has 0 saturated carbocycles. The maximum absolute atomic E-state index is 12.9. The van der Waals surface area contributed by atoms with E-state index in [1.54, 1.807) is 23.5 Å². The van der Waals surface area contributed by atoms with Gasteiger partial charge < -0.3 is 9.47 Å². The SMILES string of the molecule is CCN(CC)C(CNS(=O)(=O)c1cc(OC)ccc1OC)c1cccs1. The van der Waals surface area contributed by atoms with Crippen LogP contribution in [-0.2, 0) is 10.0 Å². The van der Waals surface area contributed by atoms with Crippen LogP contribution in [0.4, 0.5) is 0 Å². The first-order valence-electron chi connectivity index (χ1n) is 8.45. The van der Waals surface area contributed by atoms with Gasteiger partial charge in [0.25, 0.3) is 0 Å². The molecule has 0 aliphatic heterocycles. The molecule has 1 aromatic heterocycles. The van der Waals surface area contributed by atoms with Crippen molar-refractivity contribution in [3.63, 3.8) is 0 Å². The van der Waals surface area contributed by atoms with Crippen LogP contribution in [0.15, 0.2) is 40.6 Å². The van der Waals surface area contributed by atoms with Gasteiger partial charge in [0.1, 0.15) is 16.4 Å². The zero-order valence-electron chi connectivity index (χ0n) is 15.6. The summed E-state index contributed by atoms with van der Waals surface area (Å²) in [5, 5.41) is 2.01. The third-order valence-electron chi connectivity index (χ3n) is 4.25. The van der Waals surface area contributed by atoms with Gasteiger partial charge in [-0.2, -0.15) is 0 Å². The van der Waals surface area contributed by atoms with Crippen molar-refractivity contribution in [2.45, 2.75) is 24.8 Å². The van der Waals surface area contributed by atoms with Crippen LogP contribution < -0.4 is 14.2 Å². The summed E-state index contributed by atoms with van der Waals surface area (Å²) in [7, 11) is -0.800. The maximum atomic E-state index is 12.9. The number of nitrogens with zero attached hydrogens (tertiary/aromatic N) is 1. The van der Waals surface area contributed by atoms with E-state index in [4.69, 9.17) is 9.47 Å². The zero-order chi connectivity index (χ0) is 19.2. The number of methoxy groups -OCH3 is 2. The fraction of sp³-hybridized carbons (Fsp3) is 0.444. The number of sulfonamides is 1. The van der Waals surface area contributed by atoms with E-state index in [0.29, 0.717) is 5.75 Å². The molecule has 1 aromatic carbocycles. The second-order valence-electron chi connectivity index (χ2n) is 5.62. The normalized spacial score (nSPS) is 13.0. The van der Waals surface area contributed by atoms with Gasteiger partial charge in [-0.3, -0.25) is 4.90 Å². The highest BCUT2D eigenvalue weighted by Gasteiger charge is 2.25. The Morgan fingerprint density at radius 2 is 1.88 bits per heavy atom. The molecular formula is C18H26N2O4S2. The van der Waals surface area contributed by atoms with Crippen molar-refractivity contribution in [1.29, 1.82) is 0 Å². The number of hydrogen-bond acceptors (Lipinski definition) is 6. The number of hydrogen-bond donors (Lipinski definition) is 1. The third-order valence-corrected chi connectivity index (χ3v) is 6.67. The Morgan fingerprint density at radius 3 is 2.42 bits per heavy atom. The van der Waals surface area contributed by atoms with Crippen LogP contribution in [0.1, 0.15) is 24.8 Å². The van der Waals surface area contributed by atoms with Crippen LogP contribution in [0.3, 0.4) is 0 Å². The predicted octanol–water partition coefficient (Wildman–Crippen LogP) is 3.13. The molecule has 0 radical (unpaired) electrons. The van der Waals surface area contributed by atoms with Crippen molar-refractivity contribution in [3.05, 3.63) is 40.6 Å². The van der Waals surface area contributed by atoms with Gasteiger partial charge in [-0.15, -0.1) is 11.3 Å². The first kappa shape index (κ1) is 20.7. The molecule has 2 aromatic rings. The van der Waals surface area contributed by atoms with Crippen LogP contribution >= 0.6 is 11.3 Å². The number of likely N-dealkylation sites (N-methyl/N-ethyl adjacent to an activating group) is 1. The van der Waals surface area contributed by atoms with E-state index in [1.807, 2.05) is 17.5 Å². The second-order valence-corrected chi connectivity index (χ2v) is 8.34. The fourth-order valence-corrected chi connectivity index (χ4v) is 4.90. The molecule has 1 unspecified atom stereocenters. The molecule has 0 spiro atoms. The molecule has 0 fully saturated rings. The van der Waals surface area contributed by atoms with Gasteiger partial charge in [0, 0.05) is 17.5 Å². The first-order chi connectivity index (χ1) is 12.5. The minimum Gasteiger partial charge on any atom is -0.497 e. The van der Waals surface area contributed by atoms with Gasteiger partial charge >= 0.3 is 0 Å². The smallest absolute Gasteiger partial charge is 0.244 e. The van der Waals surface area contributed by atoms with E-state index in [9.17, 15) is 8.42 Å². The lowest BCUT2D eigenvalue weighted by Crippen LogP contribution is -2.37. The third kappa shape index (κ3) is 4.76. The zero-order valence-corrected chi connectivity index (χ0v) is 17.2. The van der Waals surface area contributed by atoms with Crippen molar-refractivity contribution in [2.75, 3.05) is 33.9 Å². The van der Waals surface area contributed by atoms with E-state index < -0.39 is 10.0 Å². The lowest BCUT2D eigenvalue weighted by Gasteiger charge is -2.29. The van der Waals surface area contributed by atoms with Crippen molar-refractivity contribution in [2.24, 2.45) is 0 Å². The van der Waals surface area contributed by atoms with E-state index in [0.717, 1.165) is 18.0 Å². The Bertz CT molecular complexity index is 788. The van der Waals surface area contributed by atoms with Gasteiger partial charge in [0.2, 0.25) is 10.0 Å². The summed E-state index contributed by atoms with van der Waals surface area (Å²) >= 11 is 1.63. The molecule has 144 valence electrons. The molecule has 0 aliphatic carbocycles. The molecule has 0 aliphatic rings. The summed E-state index contributed by atoms with van der Waals surface area (Å²) in [6, 6.07) is 8.73. The van der Waals surface area contributed by atoms with Crippen LogP contribution in [0, 0.1) is 0 Å². The molecule has 6 nitrogen and oxygen atoms in total. The van der Waals surface area contributed by atoms with Gasteiger partial charge in [-0.25, -0.2) is 13.1 Å². The highest BCUT2D eigenvalue weighted by atomic mass is 32.2. The summed E-state index contributed by atoms with van der Waals surface area (Å²) in [5.41, 5.74) is 0. The summed E-state index contributed by atoms with van der Waals surface area (Å²) in [5.74, 6) is 0.749. The second kappa shape index (κ2) is 9.36. The monoisotopic (exact) mass is 398 g/mol.